The number of aromatic nitrogens is 4. The molecule has 1 aromatic heterocycles. The third-order valence-electron chi connectivity index (χ3n) is 4.38. The van der Waals surface area contributed by atoms with Crippen LogP contribution in [0.4, 0.5) is 0 Å². The Bertz CT molecular complexity index is 676. The Labute approximate surface area is 139 Å². The van der Waals surface area contributed by atoms with E-state index >= 15 is 0 Å². The highest BCUT2D eigenvalue weighted by Crippen LogP contribution is 2.43. The number of thioether (sulfide) groups is 1. The Hall–Kier alpha value is -1.44. The minimum Gasteiger partial charge on any atom is -0.345 e. The van der Waals surface area contributed by atoms with Crippen molar-refractivity contribution in [1.29, 1.82) is 0 Å². The summed E-state index contributed by atoms with van der Waals surface area (Å²) >= 11 is 1.69. The standard InChI is InChI=1S/C16H20N4O2S/c1-16(2)21-13-9-8-11(14(13)22-16)10-23-15-17-18-19-20(15)12-6-4-3-5-7-12/h3-7,11,13-14H,8-10H2,1-2H3/t11-,13+,14-/m0/s1. The molecule has 1 aliphatic carbocycles. The second-order valence-corrected chi connectivity index (χ2v) is 7.48. The van der Waals surface area contributed by atoms with Crippen molar-refractivity contribution in [3.63, 3.8) is 0 Å². The van der Waals surface area contributed by atoms with Crippen molar-refractivity contribution in [1.82, 2.24) is 20.2 Å². The lowest BCUT2D eigenvalue weighted by molar-refractivity contribution is -0.155. The maximum atomic E-state index is 6.08. The lowest BCUT2D eigenvalue weighted by atomic mass is 10.1. The first kappa shape index (κ1) is 15.1. The smallest absolute Gasteiger partial charge is 0.214 e. The van der Waals surface area contributed by atoms with Crippen LogP contribution in [0.15, 0.2) is 35.5 Å². The van der Waals surface area contributed by atoms with Gasteiger partial charge in [-0.3, -0.25) is 0 Å². The Morgan fingerprint density at radius 2 is 2.04 bits per heavy atom. The number of hydrogen-bond acceptors (Lipinski definition) is 6. The van der Waals surface area contributed by atoms with Crippen LogP contribution in [0.3, 0.4) is 0 Å². The Morgan fingerprint density at radius 3 is 2.87 bits per heavy atom. The van der Waals surface area contributed by atoms with Gasteiger partial charge in [-0.05, 0) is 55.2 Å². The highest BCUT2D eigenvalue weighted by Gasteiger charge is 2.48. The molecule has 0 spiro atoms. The van der Waals surface area contributed by atoms with Gasteiger partial charge in [0.2, 0.25) is 5.16 Å². The van der Waals surface area contributed by atoms with Gasteiger partial charge in [0.15, 0.2) is 5.79 Å². The average molecular weight is 332 g/mol. The van der Waals surface area contributed by atoms with Gasteiger partial charge in [0, 0.05) is 5.75 Å². The molecule has 3 atom stereocenters. The largest absolute Gasteiger partial charge is 0.345 e. The molecule has 0 bridgehead atoms. The van der Waals surface area contributed by atoms with E-state index in [1.54, 1.807) is 16.4 Å². The lowest BCUT2D eigenvalue weighted by Gasteiger charge is -2.21. The van der Waals surface area contributed by atoms with Gasteiger partial charge in [-0.1, -0.05) is 30.0 Å². The summed E-state index contributed by atoms with van der Waals surface area (Å²) in [5, 5.41) is 12.9. The van der Waals surface area contributed by atoms with E-state index in [0.29, 0.717) is 5.92 Å². The van der Waals surface area contributed by atoms with Crippen LogP contribution in [-0.2, 0) is 9.47 Å². The van der Waals surface area contributed by atoms with Gasteiger partial charge in [-0.15, -0.1) is 5.10 Å². The Morgan fingerprint density at radius 1 is 1.22 bits per heavy atom. The summed E-state index contributed by atoms with van der Waals surface area (Å²) in [5.41, 5.74) is 0.978. The monoisotopic (exact) mass is 332 g/mol. The first-order chi connectivity index (χ1) is 11.1. The van der Waals surface area contributed by atoms with Crippen LogP contribution in [0, 0.1) is 5.92 Å². The number of benzene rings is 1. The second-order valence-electron chi connectivity index (χ2n) is 6.50. The maximum absolute atomic E-state index is 6.08. The van der Waals surface area contributed by atoms with E-state index in [1.807, 2.05) is 44.2 Å². The van der Waals surface area contributed by atoms with Crippen LogP contribution < -0.4 is 0 Å². The predicted molar refractivity (Wildman–Crippen MR) is 86.4 cm³/mol. The molecule has 2 aliphatic rings. The molecule has 0 amide bonds. The summed E-state index contributed by atoms with van der Waals surface area (Å²) in [6, 6.07) is 9.96. The van der Waals surface area contributed by atoms with Crippen LogP contribution in [0.2, 0.25) is 0 Å². The lowest BCUT2D eigenvalue weighted by Crippen LogP contribution is -2.26. The summed E-state index contributed by atoms with van der Waals surface area (Å²) in [6.07, 6.45) is 2.63. The van der Waals surface area contributed by atoms with Gasteiger partial charge >= 0.3 is 0 Å². The minimum absolute atomic E-state index is 0.193. The second kappa shape index (κ2) is 5.89. The van der Waals surface area contributed by atoms with E-state index in [4.69, 9.17) is 9.47 Å². The molecule has 122 valence electrons. The van der Waals surface area contributed by atoms with Gasteiger partial charge in [0.1, 0.15) is 0 Å². The first-order valence-electron chi connectivity index (χ1n) is 7.95. The zero-order valence-corrected chi connectivity index (χ0v) is 14.1. The minimum atomic E-state index is -0.454. The van der Waals surface area contributed by atoms with Crippen LogP contribution in [0.1, 0.15) is 26.7 Å². The average Bonchev–Trinajstić information content (AvgIpc) is 3.20. The van der Waals surface area contributed by atoms with E-state index in [2.05, 4.69) is 15.5 Å². The van der Waals surface area contributed by atoms with Crippen molar-refractivity contribution >= 4 is 11.8 Å². The van der Waals surface area contributed by atoms with E-state index in [-0.39, 0.29) is 12.2 Å². The van der Waals surface area contributed by atoms with Crippen LogP contribution in [0.5, 0.6) is 0 Å². The number of ether oxygens (including phenoxy) is 2. The molecule has 2 heterocycles. The highest BCUT2D eigenvalue weighted by molar-refractivity contribution is 7.99. The molecule has 0 radical (unpaired) electrons. The van der Waals surface area contributed by atoms with Crippen LogP contribution >= 0.6 is 11.8 Å². The van der Waals surface area contributed by atoms with E-state index < -0.39 is 5.79 Å². The fourth-order valence-electron chi connectivity index (χ4n) is 3.39. The molecule has 4 rings (SSSR count). The normalized spacial score (nSPS) is 28.9. The van der Waals surface area contributed by atoms with Crippen LogP contribution in [0.25, 0.3) is 5.69 Å². The molecular weight excluding hydrogens is 312 g/mol. The summed E-state index contributed by atoms with van der Waals surface area (Å²) in [4.78, 5) is 0. The van der Waals surface area contributed by atoms with Crippen molar-refractivity contribution in [3.05, 3.63) is 30.3 Å². The van der Waals surface area contributed by atoms with Crippen molar-refractivity contribution < 1.29 is 9.47 Å². The fraction of sp³-hybridized carbons (Fsp3) is 0.562. The number of nitrogens with zero attached hydrogens (tertiary/aromatic N) is 4. The molecule has 2 aromatic rings. The van der Waals surface area contributed by atoms with E-state index in [1.165, 1.54) is 0 Å². The number of fused-ring (bicyclic) bond motifs is 1. The fourth-order valence-corrected chi connectivity index (χ4v) is 4.47. The van der Waals surface area contributed by atoms with Crippen LogP contribution in [-0.4, -0.2) is 44.0 Å². The summed E-state index contributed by atoms with van der Waals surface area (Å²) in [5.74, 6) is 0.964. The van der Waals surface area contributed by atoms with Crippen molar-refractivity contribution in [2.45, 2.75) is 49.8 Å². The molecule has 6 nitrogen and oxygen atoms in total. The summed E-state index contributed by atoms with van der Waals surface area (Å²) in [7, 11) is 0. The van der Waals surface area contributed by atoms with Gasteiger partial charge in [0.05, 0.1) is 17.9 Å². The molecule has 2 fully saturated rings. The molecule has 0 N–H and O–H groups in total. The summed E-state index contributed by atoms with van der Waals surface area (Å²) < 4.78 is 13.8. The first-order valence-corrected chi connectivity index (χ1v) is 8.93. The Balaban J connectivity index is 1.44. The maximum Gasteiger partial charge on any atom is 0.214 e. The predicted octanol–water partition coefficient (Wildman–Crippen LogP) is 2.68. The molecule has 1 saturated heterocycles. The van der Waals surface area contributed by atoms with Gasteiger partial charge in [0.25, 0.3) is 0 Å². The van der Waals surface area contributed by atoms with Gasteiger partial charge in [-0.2, -0.15) is 4.68 Å². The van der Waals surface area contributed by atoms with Crippen molar-refractivity contribution in [2.24, 2.45) is 5.92 Å². The van der Waals surface area contributed by atoms with Crippen molar-refractivity contribution in [3.8, 4) is 5.69 Å². The number of hydrogen-bond donors (Lipinski definition) is 0. The van der Waals surface area contributed by atoms with E-state index in [0.717, 1.165) is 29.4 Å². The molecular formula is C16H20N4O2S. The van der Waals surface area contributed by atoms with Crippen molar-refractivity contribution in [2.75, 3.05) is 5.75 Å². The molecule has 0 unspecified atom stereocenters. The number of rotatable bonds is 4. The summed E-state index contributed by atoms with van der Waals surface area (Å²) in [6.45, 7) is 3.98. The molecule has 7 heteroatoms. The SMILES string of the molecule is CC1(C)O[C@H]2[C@H](CSc3nnnn3-c3ccccc3)CC[C@H]2O1. The molecule has 1 aromatic carbocycles. The third kappa shape index (κ3) is 3.00. The quantitative estimate of drug-likeness (QED) is 0.802. The highest BCUT2D eigenvalue weighted by atomic mass is 32.2. The van der Waals surface area contributed by atoms with Gasteiger partial charge < -0.3 is 9.47 Å². The van der Waals surface area contributed by atoms with Gasteiger partial charge in [-0.25, -0.2) is 0 Å². The zero-order chi connectivity index (χ0) is 15.9. The molecule has 23 heavy (non-hydrogen) atoms. The Kier molecular flexibility index (Phi) is 3.87. The zero-order valence-electron chi connectivity index (χ0n) is 13.3. The number of tetrazole rings is 1. The molecule has 1 saturated carbocycles. The number of para-hydroxylation sites is 1. The topological polar surface area (TPSA) is 62.1 Å². The van der Waals surface area contributed by atoms with E-state index in [9.17, 15) is 0 Å². The molecule has 1 aliphatic heterocycles. The third-order valence-corrected chi connectivity index (χ3v) is 5.48.